The fraction of sp³-hybridized carbons (Fsp3) is 1.00. The van der Waals surface area contributed by atoms with Gasteiger partial charge in [0.05, 0.1) is 12.7 Å². The highest BCUT2D eigenvalue weighted by Crippen LogP contribution is 2.71. The minimum Gasteiger partial charge on any atom is -0.349 e. The smallest absolute Gasteiger partial charge is 0.171 e. The standard InChI is InChI=1S/C28H46O2/c1-17-8-11-26(4)20(14-17)6-7-21-22(26)10-12-27(5)23(21)15-24-25(27)19(3)28(30-24)13-9-18(2)16-29-28/h17-25H,6-16H2,1-5H3/t17?,18-,19-,20+,21+,22-,23-,24?,25?,26-,27-,28+/m0/s1. The number of hydrogen-bond acceptors (Lipinski definition) is 2. The molecule has 0 bridgehead atoms. The molecule has 2 heterocycles. The maximum atomic E-state index is 6.93. The summed E-state index contributed by atoms with van der Waals surface area (Å²) >= 11 is 0. The highest BCUT2D eigenvalue weighted by molar-refractivity contribution is 5.15. The molecule has 3 unspecified atom stereocenters. The quantitative estimate of drug-likeness (QED) is 0.422. The summed E-state index contributed by atoms with van der Waals surface area (Å²) in [4.78, 5) is 0. The molecule has 0 N–H and O–H groups in total. The molecule has 6 rings (SSSR count). The van der Waals surface area contributed by atoms with Crippen LogP contribution in [0.15, 0.2) is 0 Å². The Balaban J connectivity index is 1.26. The second-order valence-electron chi connectivity index (χ2n) is 13.6. The summed E-state index contributed by atoms with van der Waals surface area (Å²) in [6, 6.07) is 0. The van der Waals surface area contributed by atoms with Gasteiger partial charge in [-0.25, -0.2) is 0 Å². The van der Waals surface area contributed by atoms with Crippen molar-refractivity contribution in [3.8, 4) is 0 Å². The number of fused-ring (bicyclic) bond motifs is 7. The third-order valence-electron chi connectivity index (χ3n) is 12.2. The zero-order valence-corrected chi connectivity index (χ0v) is 20.3. The SMILES string of the molecule is CC1CC[C@@]2(C)[C@H](CC[C@@H]3[C@@H]2CC[C@]2(C)C4C(C[C@@H]32)O[C@]2(CC[C@H](C)CO2)[C@H]4C)C1. The summed E-state index contributed by atoms with van der Waals surface area (Å²) in [7, 11) is 0. The van der Waals surface area contributed by atoms with Crippen LogP contribution >= 0.6 is 0 Å². The van der Waals surface area contributed by atoms with Gasteiger partial charge in [0.25, 0.3) is 0 Å². The van der Waals surface area contributed by atoms with E-state index in [0.717, 1.165) is 42.6 Å². The van der Waals surface area contributed by atoms with Crippen LogP contribution in [0.1, 0.15) is 98.8 Å². The Morgan fingerprint density at radius 2 is 1.50 bits per heavy atom. The Morgan fingerprint density at radius 1 is 0.733 bits per heavy atom. The first-order chi connectivity index (χ1) is 14.3. The van der Waals surface area contributed by atoms with Crippen molar-refractivity contribution in [1.29, 1.82) is 0 Å². The summed E-state index contributed by atoms with van der Waals surface area (Å²) in [6.07, 6.45) is 14.6. The van der Waals surface area contributed by atoms with E-state index in [0.29, 0.717) is 34.7 Å². The van der Waals surface area contributed by atoms with Gasteiger partial charge in [-0.3, -0.25) is 0 Å². The van der Waals surface area contributed by atoms with E-state index in [1.807, 2.05) is 0 Å². The van der Waals surface area contributed by atoms with E-state index in [-0.39, 0.29) is 5.79 Å². The molecule has 6 aliphatic rings. The minimum absolute atomic E-state index is 0.254. The largest absolute Gasteiger partial charge is 0.349 e. The summed E-state index contributed by atoms with van der Waals surface area (Å²) in [5.41, 5.74) is 1.11. The Hall–Kier alpha value is -0.0800. The van der Waals surface area contributed by atoms with Crippen LogP contribution in [0.4, 0.5) is 0 Å². The van der Waals surface area contributed by atoms with E-state index in [1.54, 1.807) is 0 Å². The van der Waals surface area contributed by atoms with Gasteiger partial charge in [0.1, 0.15) is 0 Å². The molecule has 2 aliphatic heterocycles. The molecule has 12 atom stereocenters. The van der Waals surface area contributed by atoms with Crippen molar-refractivity contribution in [3.05, 3.63) is 0 Å². The second kappa shape index (κ2) is 6.72. The Morgan fingerprint density at radius 3 is 2.27 bits per heavy atom. The van der Waals surface area contributed by atoms with Crippen molar-refractivity contribution >= 4 is 0 Å². The van der Waals surface area contributed by atoms with Crippen molar-refractivity contribution in [3.63, 3.8) is 0 Å². The van der Waals surface area contributed by atoms with Gasteiger partial charge in [0.15, 0.2) is 5.79 Å². The van der Waals surface area contributed by atoms with Crippen molar-refractivity contribution in [2.45, 2.75) is 111 Å². The third-order valence-corrected chi connectivity index (χ3v) is 12.2. The van der Waals surface area contributed by atoms with E-state index in [1.165, 1.54) is 57.8 Å². The van der Waals surface area contributed by atoms with Gasteiger partial charge in [-0.05, 0) is 104 Å². The fourth-order valence-electron chi connectivity index (χ4n) is 10.5. The van der Waals surface area contributed by atoms with Crippen LogP contribution in [0, 0.1) is 58.2 Å². The van der Waals surface area contributed by atoms with Gasteiger partial charge in [-0.15, -0.1) is 0 Å². The van der Waals surface area contributed by atoms with Crippen LogP contribution in [0.5, 0.6) is 0 Å². The molecule has 0 radical (unpaired) electrons. The molecule has 170 valence electrons. The predicted octanol–water partition coefficient (Wildman–Crippen LogP) is 7.07. The molecule has 4 aliphatic carbocycles. The first-order valence-electron chi connectivity index (χ1n) is 13.6. The third kappa shape index (κ3) is 2.62. The van der Waals surface area contributed by atoms with Gasteiger partial charge in [-0.1, -0.05) is 41.0 Å². The van der Waals surface area contributed by atoms with Gasteiger partial charge in [-0.2, -0.15) is 0 Å². The molecule has 2 nitrogen and oxygen atoms in total. The van der Waals surface area contributed by atoms with Crippen LogP contribution in [-0.2, 0) is 9.47 Å². The van der Waals surface area contributed by atoms with Gasteiger partial charge >= 0.3 is 0 Å². The zero-order chi connectivity index (χ0) is 20.9. The van der Waals surface area contributed by atoms with E-state index in [4.69, 9.17) is 9.47 Å². The monoisotopic (exact) mass is 414 g/mol. The highest BCUT2D eigenvalue weighted by atomic mass is 16.7. The van der Waals surface area contributed by atoms with Crippen molar-refractivity contribution in [1.82, 2.24) is 0 Å². The lowest BCUT2D eigenvalue weighted by atomic mass is 9.44. The van der Waals surface area contributed by atoms with Crippen LogP contribution in [0.3, 0.4) is 0 Å². The first kappa shape index (κ1) is 20.5. The molecule has 6 fully saturated rings. The van der Waals surface area contributed by atoms with Gasteiger partial charge < -0.3 is 9.47 Å². The summed E-state index contributed by atoms with van der Waals surface area (Å²) in [5.74, 6) is 6.52. The lowest BCUT2D eigenvalue weighted by Crippen LogP contribution is -2.54. The van der Waals surface area contributed by atoms with Gasteiger partial charge in [0, 0.05) is 12.3 Å². The molecule has 2 heteroatoms. The first-order valence-corrected chi connectivity index (χ1v) is 13.6. The molecular weight excluding hydrogens is 368 g/mol. The average molecular weight is 415 g/mol. The van der Waals surface area contributed by atoms with Gasteiger partial charge in [0.2, 0.25) is 0 Å². The number of ether oxygens (including phenoxy) is 2. The molecule has 1 spiro atoms. The molecule has 0 aromatic carbocycles. The maximum Gasteiger partial charge on any atom is 0.171 e. The Kier molecular flexibility index (Phi) is 4.60. The summed E-state index contributed by atoms with van der Waals surface area (Å²) < 4.78 is 13.4. The molecular formula is C28H46O2. The molecule has 0 aromatic rings. The molecule has 4 saturated carbocycles. The van der Waals surface area contributed by atoms with Crippen molar-refractivity contribution in [2.75, 3.05) is 6.61 Å². The lowest BCUT2D eigenvalue weighted by molar-refractivity contribution is -0.273. The molecule has 30 heavy (non-hydrogen) atoms. The van der Waals surface area contributed by atoms with Crippen LogP contribution < -0.4 is 0 Å². The fourth-order valence-corrected chi connectivity index (χ4v) is 10.5. The highest BCUT2D eigenvalue weighted by Gasteiger charge is 2.69. The maximum absolute atomic E-state index is 6.93. The average Bonchev–Trinajstić information content (AvgIpc) is 3.16. The minimum atomic E-state index is -0.254. The Labute approximate surface area is 185 Å². The topological polar surface area (TPSA) is 18.5 Å². The summed E-state index contributed by atoms with van der Waals surface area (Å²) in [6.45, 7) is 13.6. The van der Waals surface area contributed by atoms with Crippen molar-refractivity contribution in [2.24, 2.45) is 58.2 Å². The number of hydrogen-bond donors (Lipinski definition) is 0. The summed E-state index contributed by atoms with van der Waals surface area (Å²) in [5, 5.41) is 0. The molecule has 0 amide bonds. The molecule has 0 aromatic heterocycles. The molecule has 2 saturated heterocycles. The van der Waals surface area contributed by atoms with Crippen LogP contribution in [0.25, 0.3) is 0 Å². The van der Waals surface area contributed by atoms with E-state index >= 15 is 0 Å². The van der Waals surface area contributed by atoms with Crippen molar-refractivity contribution < 1.29 is 9.47 Å². The zero-order valence-electron chi connectivity index (χ0n) is 20.3. The predicted molar refractivity (Wildman–Crippen MR) is 121 cm³/mol. The van der Waals surface area contributed by atoms with Crippen LogP contribution in [-0.4, -0.2) is 18.5 Å². The van der Waals surface area contributed by atoms with E-state index in [9.17, 15) is 0 Å². The lowest BCUT2D eigenvalue weighted by Gasteiger charge is -2.61. The van der Waals surface area contributed by atoms with Crippen LogP contribution in [0.2, 0.25) is 0 Å². The van der Waals surface area contributed by atoms with E-state index < -0.39 is 0 Å². The number of rotatable bonds is 0. The normalized spacial score (nSPS) is 62.5. The van der Waals surface area contributed by atoms with E-state index in [2.05, 4.69) is 34.6 Å². The Bertz CT molecular complexity index is 680. The second-order valence-corrected chi connectivity index (χ2v) is 13.6.